The molecule has 1 heterocycles. The van der Waals surface area contributed by atoms with Crippen molar-refractivity contribution >= 4 is 38.8 Å². The molecular weight excluding hydrogens is 388 g/mol. The maximum atomic E-state index is 13.9. The molecule has 1 aliphatic heterocycles. The molecule has 0 bridgehead atoms. The van der Waals surface area contributed by atoms with Crippen LogP contribution in [-0.4, -0.2) is 22.5 Å². The van der Waals surface area contributed by atoms with Gasteiger partial charge in [0.05, 0.1) is 6.04 Å². The normalized spacial score (nSPS) is 22.2. The van der Waals surface area contributed by atoms with E-state index in [-0.39, 0.29) is 16.0 Å². The maximum Gasteiger partial charge on any atom is 0.471 e. The molecule has 0 fully saturated rings. The molecular formula is C13H11BrF4N2OS. The predicted molar refractivity (Wildman–Crippen MR) is 80.1 cm³/mol. The summed E-state index contributed by atoms with van der Waals surface area (Å²) in [5.41, 5.74) is 0.278. The molecule has 1 aliphatic rings. The van der Waals surface area contributed by atoms with Crippen LogP contribution < -0.4 is 5.32 Å². The number of carbonyl (C=O) groups is 1. The van der Waals surface area contributed by atoms with Gasteiger partial charge in [0.1, 0.15) is 5.82 Å². The van der Waals surface area contributed by atoms with Crippen LogP contribution in [0.15, 0.2) is 27.7 Å². The lowest BCUT2D eigenvalue weighted by molar-refractivity contribution is -0.171. The molecule has 2 unspecified atom stereocenters. The molecule has 0 saturated heterocycles. The molecule has 2 atom stereocenters. The molecule has 1 aromatic carbocycles. The van der Waals surface area contributed by atoms with Gasteiger partial charge in [-0.05, 0) is 24.6 Å². The minimum absolute atomic E-state index is 0.107. The Balaban J connectivity index is 2.27. The van der Waals surface area contributed by atoms with E-state index in [0.29, 0.717) is 10.9 Å². The summed E-state index contributed by atoms with van der Waals surface area (Å²) >= 11 is 4.24. The molecule has 1 aromatic rings. The first kappa shape index (κ1) is 17.3. The Morgan fingerprint density at radius 3 is 2.77 bits per heavy atom. The van der Waals surface area contributed by atoms with Crippen LogP contribution in [0.25, 0.3) is 0 Å². The van der Waals surface area contributed by atoms with Crippen molar-refractivity contribution in [2.45, 2.75) is 30.8 Å². The topological polar surface area (TPSA) is 41.5 Å². The third-order valence-electron chi connectivity index (χ3n) is 2.94. The van der Waals surface area contributed by atoms with Gasteiger partial charge in [0, 0.05) is 15.3 Å². The van der Waals surface area contributed by atoms with Gasteiger partial charge in [0.25, 0.3) is 0 Å². The number of hydrogen-bond acceptors (Lipinski definition) is 3. The van der Waals surface area contributed by atoms with Crippen molar-refractivity contribution in [3.8, 4) is 0 Å². The van der Waals surface area contributed by atoms with E-state index in [0.717, 1.165) is 11.8 Å². The number of alkyl halides is 3. The zero-order chi connectivity index (χ0) is 16.5. The van der Waals surface area contributed by atoms with E-state index in [4.69, 9.17) is 0 Å². The molecule has 0 spiro atoms. The van der Waals surface area contributed by atoms with E-state index in [1.807, 2.05) is 0 Å². The summed E-state index contributed by atoms with van der Waals surface area (Å²) in [7, 11) is 0. The molecule has 22 heavy (non-hydrogen) atoms. The second-order valence-corrected chi connectivity index (χ2v) is 7.07. The number of nitrogens with zero attached hydrogens (tertiary/aromatic N) is 1. The highest BCUT2D eigenvalue weighted by molar-refractivity contribution is 9.10. The minimum atomic E-state index is -4.99. The zero-order valence-corrected chi connectivity index (χ0v) is 13.6. The standard InChI is InChI=1S/C13H11BrF4N2OS/c1-6-4-10(8-5-7(14)2-3-9(8)15)19-12(22-6)20-11(21)13(16,17)18/h2-3,5-6,10H,4H2,1H3,(H,19,20,21). The number of thioether (sulfide) groups is 1. The van der Waals surface area contributed by atoms with Gasteiger partial charge in [0.2, 0.25) is 0 Å². The van der Waals surface area contributed by atoms with E-state index in [9.17, 15) is 22.4 Å². The Hall–Kier alpha value is -1.09. The summed E-state index contributed by atoms with van der Waals surface area (Å²) in [6, 6.07) is 3.68. The van der Waals surface area contributed by atoms with Gasteiger partial charge in [-0.3, -0.25) is 15.1 Å². The van der Waals surface area contributed by atoms with Crippen molar-refractivity contribution in [1.82, 2.24) is 5.32 Å². The second-order valence-electron chi connectivity index (χ2n) is 4.73. The summed E-state index contributed by atoms with van der Waals surface area (Å²) in [6.45, 7) is 1.78. The fourth-order valence-corrected chi connectivity index (χ4v) is 3.35. The SMILES string of the molecule is CC1CC(c2cc(Br)ccc2F)N=C(NC(=O)C(F)(F)F)S1. The van der Waals surface area contributed by atoms with E-state index in [1.54, 1.807) is 12.2 Å². The largest absolute Gasteiger partial charge is 0.471 e. The number of benzene rings is 1. The Morgan fingerprint density at radius 1 is 1.45 bits per heavy atom. The van der Waals surface area contributed by atoms with E-state index in [2.05, 4.69) is 20.9 Å². The summed E-state index contributed by atoms with van der Waals surface area (Å²) in [6.07, 6.45) is -4.52. The maximum absolute atomic E-state index is 13.9. The van der Waals surface area contributed by atoms with Crippen molar-refractivity contribution in [1.29, 1.82) is 0 Å². The van der Waals surface area contributed by atoms with Crippen LogP contribution in [0.1, 0.15) is 24.9 Å². The number of amidine groups is 1. The average Bonchev–Trinajstić information content (AvgIpc) is 2.39. The first-order valence-electron chi connectivity index (χ1n) is 6.24. The molecule has 3 nitrogen and oxygen atoms in total. The number of hydrogen-bond donors (Lipinski definition) is 1. The lowest BCUT2D eigenvalue weighted by Crippen LogP contribution is -2.41. The molecule has 0 aliphatic carbocycles. The summed E-state index contributed by atoms with van der Waals surface area (Å²) in [5, 5.41) is 1.48. The fraction of sp³-hybridized carbons (Fsp3) is 0.385. The third-order valence-corrected chi connectivity index (χ3v) is 4.45. The summed E-state index contributed by atoms with van der Waals surface area (Å²) in [4.78, 5) is 15.0. The molecule has 9 heteroatoms. The van der Waals surface area contributed by atoms with Gasteiger partial charge in [-0.2, -0.15) is 13.2 Å². The van der Waals surface area contributed by atoms with Crippen molar-refractivity contribution in [3.05, 3.63) is 34.1 Å². The average molecular weight is 399 g/mol. The number of rotatable bonds is 1. The van der Waals surface area contributed by atoms with Crippen LogP contribution in [0.3, 0.4) is 0 Å². The van der Waals surface area contributed by atoms with Crippen LogP contribution >= 0.6 is 27.7 Å². The number of amides is 1. The Morgan fingerprint density at radius 2 is 2.14 bits per heavy atom. The van der Waals surface area contributed by atoms with Crippen LogP contribution in [0.2, 0.25) is 0 Å². The first-order valence-corrected chi connectivity index (χ1v) is 7.91. The van der Waals surface area contributed by atoms with Crippen molar-refractivity contribution < 1.29 is 22.4 Å². The number of carbonyl (C=O) groups excluding carboxylic acids is 1. The highest BCUT2D eigenvalue weighted by atomic mass is 79.9. The molecule has 1 amide bonds. The van der Waals surface area contributed by atoms with Crippen molar-refractivity contribution in [3.63, 3.8) is 0 Å². The molecule has 0 aromatic heterocycles. The molecule has 0 saturated carbocycles. The monoisotopic (exact) mass is 398 g/mol. The zero-order valence-electron chi connectivity index (χ0n) is 11.2. The number of nitrogens with one attached hydrogen (secondary N) is 1. The fourth-order valence-electron chi connectivity index (χ4n) is 1.97. The molecule has 0 radical (unpaired) electrons. The first-order chi connectivity index (χ1) is 10.2. The highest BCUT2D eigenvalue weighted by Gasteiger charge is 2.40. The molecule has 120 valence electrons. The lowest BCUT2D eigenvalue weighted by Gasteiger charge is -2.25. The van der Waals surface area contributed by atoms with Crippen LogP contribution in [-0.2, 0) is 4.79 Å². The Labute approximate surface area is 136 Å². The van der Waals surface area contributed by atoms with E-state index >= 15 is 0 Å². The third kappa shape index (κ3) is 4.22. The van der Waals surface area contributed by atoms with Gasteiger partial charge in [0.15, 0.2) is 5.17 Å². The Bertz CT molecular complexity index is 621. The van der Waals surface area contributed by atoms with E-state index < -0.39 is 23.9 Å². The lowest BCUT2D eigenvalue weighted by atomic mass is 10.0. The number of halogens is 5. The quantitative estimate of drug-likeness (QED) is 0.720. The second kappa shape index (κ2) is 6.57. The van der Waals surface area contributed by atoms with Crippen molar-refractivity contribution in [2.24, 2.45) is 4.99 Å². The van der Waals surface area contributed by atoms with Gasteiger partial charge >= 0.3 is 12.1 Å². The summed E-state index contributed by atoms with van der Waals surface area (Å²) < 4.78 is 51.4. The van der Waals surface area contributed by atoms with Crippen molar-refractivity contribution in [2.75, 3.05) is 0 Å². The number of aliphatic imine (C=N–C) groups is 1. The highest BCUT2D eigenvalue weighted by Crippen LogP contribution is 2.36. The van der Waals surface area contributed by atoms with Gasteiger partial charge in [-0.25, -0.2) is 4.39 Å². The van der Waals surface area contributed by atoms with Gasteiger partial charge in [-0.1, -0.05) is 34.6 Å². The summed E-state index contributed by atoms with van der Waals surface area (Å²) in [5.74, 6) is -2.57. The predicted octanol–water partition coefficient (Wildman–Crippen LogP) is 4.19. The van der Waals surface area contributed by atoms with Crippen LogP contribution in [0, 0.1) is 5.82 Å². The van der Waals surface area contributed by atoms with E-state index in [1.165, 1.54) is 18.2 Å². The smallest absolute Gasteiger partial charge is 0.298 e. The van der Waals surface area contributed by atoms with Gasteiger partial charge in [-0.15, -0.1) is 0 Å². The molecule has 2 rings (SSSR count). The molecule has 1 N–H and O–H groups in total. The van der Waals surface area contributed by atoms with Gasteiger partial charge < -0.3 is 0 Å². The van der Waals surface area contributed by atoms with Crippen LogP contribution in [0.4, 0.5) is 17.6 Å². The Kier molecular flexibility index (Phi) is 5.16. The minimum Gasteiger partial charge on any atom is -0.298 e. The van der Waals surface area contributed by atoms with Crippen LogP contribution in [0.5, 0.6) is 0 Å².